The Kier molecular flexibility index (Phi) is 23.9. The van der Waals surface area contributed by atoms with Gasteiger partial charge in [-0.3, -0.25) is 0 Å². The van der Waals surface area contributed by atoms with Crippen LogP contribution in [0, 0.1) is 0 Å². The van der Waals surface area contributed by atoms with Crippen LogP contribution in [0.4, 0.5) is 0 Å². The normalized spacial score (nSPS) is 19.7. The van der Waals surface area contributed by atoms with E-state index < -0.39 is 24.4 Å². The number of hydrogen-bond acceptors (Lipinski definition) is 7. The summed E-state index contributed by atoms with van der Waals surface area (Å²) >= 11 is 10.9. The topological polar surface area (TPSA) is 68.2 Å². The smallest absolute Gasteiger partial charge is 0.160 e. The lowest BCUT2D eigenvalue weighted by Crippen LogP contribution is -2.45. The highest BCUT2D eigenvalue weighted by molar-refractivity contribution is 7.80. The first-order chi connectivity index (χ1) is 19.0. The lowest BCUT2D eigenvalue weighted by atomic mass is 10.1. The van der Waals surface area contributed by atoms with Crippen LogP contribution in [0.2, 0.25) is 0 Å². The zero-order valence-electron chi connectivity index (χ0n) is 25.2. The number of aliphatic hydroxyl groups is 2. The summed E-state index contributed by atoms with van der Waals surface area (Å²) in [5, 5.41) is 21.4. The second-order valence-corrected chi connectivity index (χ2v) is 12.3. The molecule has 0 aromatic carbocycles. The van der Waals surface area contributed by atoms with Gasteiger partial charge in [-0.15, -0.1) is 0 Å². The number of thiocarbonyl (C=S) groups is 2. The van der Waals surface area contributed by atoms with E-state index in [-0.39, 0.29) is 13.2 Å². The third kappa shape index (κ3) is 18.7. The molecule has 0 aliphatic carbocycles. The summed E-state index contributed by atoms with van der Waals surface area (Å²) in [6.07, 6.45) is 24.1. The van der Waals surface area contributed by atoms with E-state index in [4.69, 9.17) is 38.6 Å². The summed E-state index contributed by atoms with van der Waals surface area (Å²) in [6, 6.07) is 0. The molecule has 2 N–H and O–H groups in total. The summed E-state index contributed by atoms with van der Waals surface area (Å²) in [5.74, 6) is 0. The molecule has 0 saturated carbocycles. The van der Waals surface area contributed by atoms with Crippen LogP contribution in [-0.4, -0.2) is 57.9 Å². The Morgan fingerprint density at radius 1 is 0.692 bits per heavy atom. The molecule has 0 amide bonds. The lowest BCUT2D eigenvalue weighted by Gasteiger charge is -2.28. The van der Waals surface area contributed by atoms with E-state index in [1.165, 1.54) is 103 Å². The molecule has 230 valence electrons. The fourth-order valence-corrected chi connectivity index (χ4v) is 5.77. The van der Waals surface area contributed by atoms with Crippen LogP contribution in [0.3, 0.4) is 0 Å². The molecule has 0 bridgehead atoms. The standard InChI is InChI=1S/C32H60O5S2/c1-3-5-7-9-11-13-15-17-19-21-23-29(38)36-28(25-33)32-31(27(34)26-35-32)37-30(39)24-22-20-18-16-14-12-10-8-6-4-2/h27-28,31-34H,3-26H2,1-2H3/t27-,28+,31+,32+/m1/s1. The first-order valence-electron chi connectivity index (χ1n) is 16.3. The van der Waals surface area contributed by atoms with Gasteiger partial charge in [0.15, 0.2) is 22.3 Å². The van der Waals surface area contributed by atoms with Gasteiger partial charge in [0.1, 0.15) is 12.2 Å². The molecule has 1 rings (SSSR count). The Bertz CT molecular complexity index is 603. The average Bonchev–Trinajstić information content (AvgIpc) is 3.28. The van der Waals surface area contributed by atoms with E-state index in [1.54, 1.807) is 0 Å². The van der Waals surface area contributed by atoms with Crippen molar-refractivity contribution in [3.63, 3.8) is 0 Å². The Balaban J connectivity index is 2.22. The zero-order chi connectivity index (χ0) is 28.6. The molecule has 4 atom stereocenters. The summed E-state index contributed by atoms with van der Waals surface area (Å²) in [7, 11) is 0. The maximum absolute atomic E-state index is 10.5. The van der Waals surface area contributed by atoms with Gasteiger partial charge in [0.2, 0.25) is 0 Å². The van der Waals surface area contributed by atoms with Gasteiger partial charge in [0, 0.05) is 12.8 Å². The molecule has 0 aromatic rings. The molecule has 1 heterocycles. The van der Waals surface area contributed by atoms with Gasteiger partial charge in [0.05, 0.1) is 13.2 Å². The van der Waals surface area contributed by atoms with Gasteiger partial charge in [-0.05, 0) is 37.3 Å². The van der Waals surface area contributed by atoms with Crippen molar-refractivity contribution in [1.29, 1.82) is 0 Å². The van der Waals surface area contributed by atoms with E-state index >= 15 is 0 Å². The van der Waals surface area contributed by atoms with E-state index in [2.05, 4.69) is 13.8 Å². The number of unbranched alkanes of at least 4 members (excludes halogenated alkanes) is 18. The van der Waals surface area contributed by atoms with Gasteiger partial charge >= 0.3 is 0 Å². The minimum atomic E-state index is -0.797. The number of ether oxygens (including phenoxy) is 3. The van der Waals surface area contributed by atoms with Gasteiger partial charge in [-0.1, -0.05) is 129 Å². The quantitative estimate of drug-likeness (QED) is 0.0773. The van der Waals surface area contributed by atoms with E-state index in [0.717, 1.165) is 25.7 Å². The van der Waals surface area contributed by atoms with E-state index in [0.29, 0.717) is 22.9 Å². The predicted octanol–water partition coefficient (Wildman–Crippen LogP) is 8.79. The molecule has 0 radical (unpaired) electrons. The van der Waals surface area contributed by atoms with Gasteiger partial charge < -0.3 is 24.4 Å². The highest BCUT2D eigenvalue weighted by Crippen LogP contribution is 2.25. The summed E-state index contributed by atoms with van der Waals surface area (Å²) in [5.41, 5.74) is 0. The molecule has 0 spiro atoms. The molecule has 1 aliphatic heterocycles. The first-order valence-corrected chi connectivity index (χ1v) is 17.1. The second kappa shape index (κ2) is 25.4. The Morgan fingerprint density at radius 3 is 1.54 bits per heavy atom. The second-order valence-electron chi connectivity index (χ2n) is 11.4. The van der Waals surface area contributed by atoms with Crippen LogP contribution >= 0.6 is 24.4 Å². The Hall–Kier alpha value is -0.340. The van der Waals surface area contributed by atoms with Crippen LogP contribution in [0.1, 0.15) is 155 Å². The monoisotopic (exact) mass is 588 g/mol. The van der Waals surface area contributed by atoms with Crippen molar-refractivity contribution in [2.24, 2.45) is 0 Å². The molecule has 39 heavy (non-hydrogen) atoms. The third-order valence-corrected chi connectivity index (χ3v) is 8.33. The molecule has 1 saturated heterocycles. The van der Waals surface area contributed by atoms with Crippen molar-refractivity contribution in [3.05, 3.63) is 0 Å². The minimum absolute atomic E-state index is 0.140. The average molecular weight is 589 g/mol. The van der Waals surface area contributed by atoms with Gasteiger partial charge in [-0.25, -0.2) is 0 Å². The Labute approximate surface area is 251 Å². The summed E-state index contributed by atoms with van der Waals surface area (Å²) < 4.78 is 17.7. The number of rotatable bonds is 26. The fraction of sp³-hybridized carbons (Fsp3) is 0.938. The van der Waals surface area contributed by atoms with Crippen molar-refractivity contribution in [1.82, 2.24) is 0 Å². The molecule has 0 unspecified atom stereocenters. The number of hydrogen-bond donors (Lipinski definition) is 2. The highest BCUT2D eigenvalue weighted by atomic mass is 32.1. The predicted molar refractivity (Wildman–Crippen MR) is 171 cm³/mol. The van der Waals surface area contributed by atoms with Crippen molar-refractivity contribution < 1.29 is 24.4 Å². The summed E-state index contributed by atoms with van der Waals surface area (Å²) in [6.45, 7) is 4.40. The highest BCUT2D eigenvalue weighted by Gasteiger charge is 2.44. The Morgan fingerprint density at radius 2 is 1.10 bits per heavy atom. The molecule has 1 fully saturated rings. The minimum Gasteiger partial charge on any atom is -0.479 e. The van der Waals surface area contributed by atoms with Crippen LogP contribution in [0.5, 0.6) is 0 Å². The summed E-state index contributed by atoms with van der Waals surface area (Å²) in [4.78, 5) is 0. The first kappa shape index (κ1) is 36.7. The maximum Gasteiger partial charge on any atom is 0.160 e. The molecule has 5 nitrogen and oxygen atoms in total. The van der Waals surface area contributed by atoms with E-state index in [9.17, 15) is 10.2 Å². The van der Waals surface area contributed by atoms with Crippen LogP contribution in [0.15, 0.2) is 0 Å². The maximum atomic E-state index is 10.5. The molecular weight excluding hydrogens is 528 g/mol. The molecule has 1 aliphatic rings. The zero-order valence-corrected chi connectivity index (χ0v) is 26.8. The molecular formula is C32H60O5S2. The largest absolute Gasteiger partial charge is 0.479 e. The lowest BCUT2D eigenvalue weighted by molar-refractivity contribution is -0.0577. The van der Waals surface area contributed by atoms with Crippen LogP contribution in [-0.2, 0) is 14.2 Å². The van der Waals surface area contributed by atoms with Crippen molar-refractivity contribution >= 4 is 34.5 Å². The third-order valence-electron chi connectivity index (χ3n) is 7.73. The molecule has 7 heteroatoms. The van der Waals surface area contributed by atoms with Crippen molar-refractivity contribution in [2.75, 3.05) is 13.2 Å². The fourth-order valence-electron chi connectivity index (χ4n) is 5.24. The van der Waals surface area contributed by atoms with Crippen molar-refractivity contribution in [2.45, 2.75) is 180 Å². The van der Waals surface area contributed by atoms with Gasteiger partial charge in [0.25, 0.3) is 0 Å². The van der Waals surface area contributed by atoms with Crippen LogP contribution in [0.25, 0.3) is 0 Å². The number of aliphatic hydroxyl groups excluding tert-OH is 2. The van der Waals surface area contributed by atoms with Crippen LogP contribution < -0.4 is 0 Å². The van der Waals surface area contributed by atoms with E-state index in [1.807, 2.05) is 0 Å². The molecule has 0 aromatic heterocycles. The SMILES string of the molecule is CCCCCCCCCCCCC(=S)O[C@@H]1[C@H]([C@H](CO)OC(=S)CCCCCCCCCCCC)OC[C@H]1O. The van der Waals surface area contributed by atoms with Crippen molar-refractivity contribution in [3.8, 4) is 0 Å². The van der Waals surface area contributed by atoms with Gasteiger partial charge in [-0.2, -0.15) is 0 Å².